The van der Waals surface area contributed by atoms with Crippen LogP contribution in [0.15, 0.2) is 48.5 Å². The van der Waals surface area contributed by atoms with Crippen molar-refractivity contribution in [2.75, 3.05) is 13.7 Å². The maximum absolute atomic E-state index is 11.4. The van der Waals surface area contributed by atoms with E-state index in [-0.39, 0.29) is 5.97 Å². The second-order valence-electron chi connectivity index (χ2n) is 5.39. The minimum Gasteiger partial charge on any atom is -0.492 e. The molecule has 0 aliphatic carbocycles. The second-order valence-corrected chi connectivity index (χ2v) is 5.39. The quantitative estimate of drug-likeness (QED) is 0.881. The van der Waals surface area contributed by atoms with Crippen molar-refractivity contribution in [3.05, 3.63) is 65.2 Å². The minimum absolute atomic E-state index is 0.301. The van der Waals surface area contributed by atoms with Gasteiger partial charge in [0.1, 0.15) is 12.4 Å². The van der Waals surface area contributed by atoms with Gasteiger partial charge in [0.05, 0.1) is 12.7 Å². The van der Waals surface area contributed by atoms with E-state index in [1.165, 1.54) is 12.7 Å². The number of hydrogen-bond donors (Lipinski definition) is 1. The zero-order valence-electron chi connectivity index (χ0n) is 12.5. The normalized spacial score (nSPS) is 16.5. The minimum atomic E-state index is -0.309. The third-order valence-electron chi connectivity index (χ3n) is 3.85. The van der Waals surface area contributed by atoms with Gasteiger partial charge in [-0.3, -0.25) is 0 Å². The maximum atomic E-state index is 11.4. The molecule has 1 aliphatic heterocycles. The number of fused-ring (bicyclic) bond motifs is 1. The van der Waals surface area contributed by atoms with Gasteiger partial charge < -0.3 is 14.8 Å². The van der Waals surface area contributed by atoms with E-state index in [2.05, 4.69) is 11.4 Å². The predicted octanol–water partition coefficient (Wildman–Crippen LogP) is 2.57. The first-order chi connectivity index (χ1) is 10.8. The Morgan fingerprint density at radius 1 is 1.23 bits per heavy atom. The van der Waals surface area contributed by atoms with Gasteiger partial charge in [0, 0.05) is 12.6 Å². The van der Waals surface area contributed by atoms with Crippen molar-refractivity contribution in [2.24, 2.45) is 0 Å². The van der Waals surface area contributed by atoms with Crippen LogP contribution in [0, 0.1) is 0 Å². The molecule has 0 fully saturated rings. The SMILES string of the molecule is COC(=O)c1ccc(CN[C@@H]2COc3ccccc3C2)cc1. The van der Waals surface area contributed by atoms with Crippen molar-refractivity contribution in [2.45, 2.75) is 19.0 Å². The van der Waals surface area contributed by atoms with Gasteiger partial charge in [-0.25, -0.2) is 4.79 Å². The fourth-order valence-electron chi connectivity index (χ4n) is 2.60. The van der Waals surface area contributed by atoms with Crippen LogP contribution in [-0.4, -0.2) is 25.7 Å². The summed E-state index contributed by atoms with van der Waals surface area (Å²) in [6.45, 7) is 1.43. The molecule has 0 spiro atoms. The Morgan fingerprint density at radius 3 is 2.77 bits per heavy atom. The van der Waals surface area contributed by atoms with E-state index < -0.39 is 0 Å². The summed E-state index contributed by atoms with van der Waals surface area (Å²) in [4.78, 5) is 11.4. The number of benzene rings is 2. The lowest BCUT2D eigenvalue weighted by atomic mass is 10.0. The summed E-state index contributed by atoms with van der Waals surface area (Å²) >= 11 is 0. The Hall–Kier alpha value is -2.33. The summed E-state index contributed by atoms with van der Waals surface area (Å²) in [7, 11) is 1.39. The highest BCUT2D eigenvalue weighted by Gasteiger charge is 2.18. The Labute approximate surface area is 130 Å². The second kappa shape index (κ2) is 6.62. The fraction of sp³-hybridized carbons (Fsp3) is 0.278. The first-order valence-corrected chi connectivity index (χ1v) is 7.37. The number of methoxy groups -OCH3 is 1. The molecule has 22 heavy (non-hydrogen) atoms. The van der Waals surface area contributed by atoms with Crippen molar-refractivity contribution in [1.29, 1.82) is 0 Å². The molecule has 2 aromatic carbocycles. The number of nitrogens with one attached hydrogen (secondary N) is 1. The topological polar surface area (TPSA) is 47.6 Å². The molecule has 1 atom stereocenters. The molecular formula is C18H19NO3. The summed E-state index contributed by atoms with van der Waals surface area (Å²) in [6.07, 6.45) is 0.969. The van der Waals surface area contributed by atoms with Gasteiger partial charge in [-0.05, 0) is 35.7 Å². The summed E-state index contributed by atoms with van der Waals surface area (Å²) in [5.74, 6) is 0.680. The highest BCUT2D eigenvalue weighted by atomic mass is 16.5. The highest BCUT2D eigenvalue weighted by molar-refractivity contribution is 5.89. The molecule has 0 unspecified atom stereocenters. The summed E-state index contributed by atoms with van der Waals surface area (Å²) in [5.41, 5.74) is 2.94. The van der Waals surface area contributed by atoms with Gasteiger partial charge >= 0.3 is 5.97 Å². The lowest BCUT2D eigenvalue weighted by Gasteiger charge is -2.26. The van der Waals surface area contributed by atoms with Crippen LogP contribution in [0.1, 0.15) is 21.5 Å². The molecule has 1 heterocycles. The molecule has 4 heteroatoms. The molecule has 0 bridgehead atoms. The smallest absolute Gasteiger partial charge is 0.337 e. The molecule has 0 saturated heterocycles. The van der Waals surface area contributed by atoms with E-state index in [9.17, 15) is 4.79 Å². The lowest BCUT2D eigenvalue weighted by Crippen LogP contribution is -2.38. The van der Waals surface area contributed by atoms with Crippen LogP contribution in [0.3, 0.4) is 0 Å². The van der Waals surface area contributed by atoms with Crippen LogP contribution in [-0.2, 0) is 17.7 Å². The van der Waals surface area contributed by atoms with Gasteiger partial charge in [-0.2, -0.15) is 0 Å². The number of rotatable bonds is 4. The van der Waals surface area contributed by atoms with E-state index in [4.69, 9.17) is 9.47 Å². The van der Waals surface area contributed by atoms with E-state index in [1.54, 1.807) is 12.1 Å². The molecule has 0 amide bonds. The van der Waals surface area contributed by atoms with Crippen LogP contribution in [0.25, 0.3) is 0 Å². The van der Waals surface area contributed by atoms with Gasteiger partial charge in [-0.15, -0.1) is 0 Å². The van der Waals surface area contributed by atoms with Gasteiger partial charge in [0.25, 0.3) is 0 Å². The van der Waals surface area contributed by atoms with E-state index >= 15 is 0 Å². The third kappa shape index (κ3) is 3.28. The number of esters is 1. The van der Waals surface area contributed by atoms with Gasteiger partial charge in [0.2, 0.25) is 0 Å². The standard InChI is InChI=1S/C18H19NO3/c1-21-18(20)14-8-6-13(7-9-14)11-19-16-10-15-4-2-3-5-17(15)22-12-16/h2-9,16,19H,10-12H2,1H3/t16-/m0/s1. The van der Waals surface area contributed by atoms with Crippen LogP contribution in [0.4, 0.5) is 0 Å². The number of ether oxygens (including phenoxy) is 2. The van der Waals surface area contributed by atoms with E-state index in [0.717, 1.165) is 24.3 Å². The first-order valence-electron chi connectivity index (χ1n) is 7.37. The lowest BCUT2D eigenvalue weighted by molar-refractivity contribution is 0.0600. The summed E-state index contributed by atoms with van der Waals surface area (Å²) in [6, 6.07) is 15.9. The van der Waals surface area contributed by atoms with Crippen molar-refractivity contribution in [3.63, 3.8) is 0 Å². The molecule has 3 rings (SSSR count). The molecule has 1 N–H and O–H groups in total. The van der Waals surface area contributed by atoms with E-state index in [0.29, 0.717) is 18.2 Å². The number of carbonyl (C=O) groups is 1. The molecule has 0 saturated carbocycles. The summed E-state index contributed by atoms with van der Waals surface area (Å²) < 4.78 is 10.5. The van der Waals surface area contributed by atoms with Crippen molar-refractivity contribution in [1.82, 2.24) is 5.32 Å². The average Bonchev–Trinajstić information content (AvgIpc) is 2.59. The molecular weight excluding hydrogens is 278 g/mol. The number of hydrogen-bond acceptors (Lipinski definition) is 4. The van der Waals surface area contributed by atoms with Crippen LogP contribution < -0.4 is 10.1 Å². The van der Waals surface area contributed by atoms with E-state index in [1.807, 2.05) is 30.3 Å². The third-order valence-corrected chi connectivity index (χ3v) is 3.85. The monoisotopic (exact) mass is 297 g/mol. The maximum Gasteiger partial charge on any atom is 0.337 e. The Kier molecular flexibility index (Phi) is 4.39. The van der Waals surface area contributed by atoms with Crippen LogP contribution in [0.5, 0.6) is 5.75 Å². The summed E-state index contributed by atoms with van der Waals surface area (Å²) in [5, 5.41) is 3.50. The number of carbonyl (C=O) groups excluding carboxylic acids is 1. The first kappa shape index (κ1) is 14.6. The van der Waals surface area contributed by atoms with Crippen molar-refractivity contribution in [3.8, 4) is 5.75 Å². The van der Waals surface area contributed by atoms with Crippen LogP contribution in [0.2, 0.25) is 0 Å². The van der Waals surface area contributed by atoms with Crippen molar-refractivity contribution >= 4 is 5.97 Å². The van der Waals surface area contributed by atoms with Crippen molar-refractivity contribution < 1.29 is 14.3 Å². The molecule has 1 aliphatic rings. The Morgan fingerprint density at radius 2 is 2.00 bits per heavy atom. The Balaban J connectivity index is 1.56. The fourth-order valence-corrected chi connectivity index (χ4v) is 2.60. The van der Waals surface area contributed by atoms with Crippen LogP contribution >= 0.6 is 0 Å². The van der Waals surface area contributed by atoms with Gasteiger partial charge in [-0.1, -0.05) is 30.3 Å². The predicted molar refractivity (Wildman–Crippen MR) is 84.1 cm³/mol. The largest absolute Gasteiger partial charge is 0.492 e. The average molecular weight is 297 g/mol. The van der Waals surface area contributed by atoms with Gasteiger partial charge in [0.15, 0.2) is 0 Å². The zero-order chi connectivity index (χ0) is 15.4. The molecule has 114 valence electrons. The molecule has 2 aromatic rings. The molecule has 0 radical (unpaired) electrons. The Bertz CT molecular complexity index is 652. The highest BCUT2D eigenvalue weighted by Crippen LogP contribution is 2.24. The zero-order valence-corrected chi connectivity index (χ0v) is 12.5. The molecule has 0 aromatic heterocycles. The molecule has 4 nitrogen and oxygen atoms in total. The number of para-hydroxylation sites is 1.